The van der Waals surface area contributed by atoms with E-state index in [1.807, 2.05) is 0 Å². The minimum absolute atomic E-state index is 0.0311. The maximum Gasteiger partial charge on any atom is 0.301 e. The third-order valence-corrected chi connectivity index (χ3v) is 6.21. The SMILES string of the molecule is Nc1ccc(N=Nc2c(N)[nH]n(-c3ccccc3)c2=O)c(S(=O)(=O)Nc2cccc(CO)c2)c1. The van der Waals surface area contributed by atoms with Crippen LogP contribution in [0.15, 0.2) is 92.7 Å². The van der Waals surface area contributed by atoms with Gasteiger partial charge in [-0.15, -0.1) is 10.2 Å². The highest BCUT2D eigenvalue weighted by molar-refractivity contribution is 7.92. The van der Waals surface area contributed by atoms with Gasteiger partial charge in [0.15, 0.2) is 5.69 Å². The normalized spacial score (nSPS) is 11.7. The van der Waals surface area contributed by atoms with Gasteiger partial charge < -0.3 is 16.6 Å². The Morgan fingerprint density at radius 1 is 0.971 bits per heavy atom. The van der Waals surface area contributed by atoms with E-state index in [2.05, 4.69) is 20.0 Å². The molecule has 0 atom stereocenters. The summed E-state index contributed by atoms with van der Waals surface area (Å²) in [6.45, 7) is -0.244. The Morgan fingerprint density at radius 3 is 2.47 bits per heavy atom. The van der Waals surface area contributed by atoms with Gasteiger partial charge in [0.05, 0.1) is 12.3 Å². The van der Waals surface area contributed by atoms with Crippen molar-refractivity contribution in [1.82, 2.24) is 9.78 Å². The molecule has 0 aliphatic rings. The molecular weight excluding hydrogens is 458 g/mol. The fourth-order valence-corrected chi connectivity index (χ4v) is 4.40. The first kappa shape index (κ1) is 22.8. The zero-order valence-electron chi connectivity index (χ0n) is 17.7. The molecule has 7 N–H and O–H groups in total. The van der Waals surface area contributed by atoms with Gasteiger partial charge in [-0.3, -0.25) is 14.6 Å². The number of rotatable bonds is 7. The van der Waals surface area contributed by atoms with Crippen LogP contribution in [0, 0.1) is 0 Å². The molecule has 0 fully saturated rings. The second-order valence-corrected chi connectivity index (χ2v) is 8.89. The van der Waals surface area contributed by atoms with Crippen molar-refractivity contribution in [2.45, 2.75) is 11.5 Å². The summed E-state index contributed by atoms with van der Waals surface area (Å²) < 4.78 is 29.8. The number of nitrogens with two attached hydrogens (primary N) is 2. The molecule has 0 radical (unpaired) electrons. The molecule has 4 rings (SSSR count). The highest BCUT2D eigenvalue weighted by atomic mass is 32.2. The van der Waals surface area contributed by atoms with Crippen molar-refractivity contribution < 1.29 is 13.5 Å². The molecule has 0 amide bonds. The van der Waals surface area contributed by atoms with Gasteiger partial charge >= 0.3 is 5.56 Å². The number of H-pyrrole nitrogens is 1. The standard InChI is InChI=1S/C22H21N7O4S/c23-15-9-10-18(19(12-15)34(32,33)28-16-6-4-5-14(11-16)13-30)25-26-20-21(24)27-29(22(20)31)17-7-2-1-3-8-17/h1-12,27-28,30H,13,23-24H2. The van der Waals surface area contributed by atoms with E-state index in [0.29, 0.717) is 11.3 Å². The molecule has 0 aliphatic heterocycles. The van der Waals surface area contributed by atoms with E-state index in [0.717, 1.165) is 0 Å². The molecule has 0 spiro atoms. The smallest absolute Gasteiger partial charge is 0.301 e. The monoisotopic (exact) mass is 479 g/mol. The summed E-state index contributed by atoms with van der Waals surface area (Å²) in [4.78, 5) is 12.5. The van der Waals surface area contributed by atoms with Crippen LogP contribution >= 0.6 is 0 Å². The van der Waals surface area contributed by atoms with E-state index in [9.17, 15) is 18.3 Å². The molecule has 1 aromatic heterocycles. The predicted molar refractivity (Wildman–Crippen MR) is 129 cm³/mol. The van der Waals surface area contributed by atoms with E-state index in [4.69, 9.17) is 11.5 Å². The lowest BCUT2D eigenvalue weighted by Crippen LogP contribution is -2.14. The number of nitrogens with one attached hydrogen (secondary N) is 2. The third kappa shape index (κ3) is 4.67. The fraction of sp³-hybridized carbons (Fsp3) is 0.0455. The lowest BCUT2D eigenvalue weighted by atomic mass is 10.2. The van der Waals surface area contributed by atoms with Crippen LogP contribution in [0.1, 0.15) is 5.56 Å². The van der Waals surface area contributed by atoms with Crippen LogP contribution in [-0.4, -0.2) is 23.3 Å². The van der Waals surface area contributed by atoms with Gasteiger partial charge in [-0.2, -0.15) is 0 Å². The van der Waals surface area contributed by atoms with E-state index in [1.165, 1.54) is 35.0 Å². The van der Waals surface area contributed by atoms with Crippen LogP contribution in [0.5, 0.6) is 0 Å². The van der Waals surface area contributed by atoms with Crippen molar-refractivity contribution in [3.63, 3.8) is 0 Å². The van der Waals surface area contributed by atoms with Crippen LogP contribution in [0.4, 0.5) is 28.6 Å². The summed E-state index contributed by atoms with van der Waals surface area (Å²) in [6.07, 6.45) is 0. The minimum atomic E-state index is -4.14. The largest absolute Gasteiger partial charge is 0.399 e. The average molecular weight is 480 g/mol. The number of aliphatic hydroxyl groups is 1. The first-order valence-electron chi connectivity index (χ1n) is 9.98. The number of azo groups is 1. The van der Waals surface area contributed by atoms with Crippen molar-refractivity contribution in [2.75, 3.05) is 16.2 Å². The second kappa shape index (κ2) is 9.21. The Balaban J connectivity index is 1.71. The van der Waals surface area contributed by atoms with Crippen molar-refractivity contribution >= 4 is 38.6 Å². The number of para-hydroxylation sites is 1. The summed E-state index contributed by atoms with van der Waals surface area (Å²) in [7, 11) is -4.14. The van der Waals surface area contributed by atoms with Crippen LogP contribution in [-0.2, 0) is 16.6 Å². The van der Waals surface area contributed by atoms with Crippen molar-refractivity contribution in [1.29, 1.82) is 0 Å². The first-order valence-corrected chi connectivity index (χ1v) is 11.5. The summed E-state index contributed by atoms with van der Waals surface area (Å²) in [5.41, 5.74) is 12.5. The molecule has 12 heteroatoms. The molecule has 0 saturated heterocycles. The molecule has 34 heavy (non-hydrogen) atoms. The highest BCUT2D eigenvalue weighted by Gasteiger charge is 2.20. The maximum absolute atomic E-state index is 13.1. The summed E-state index contributed by atoms with van der Waals surface area (Å²) in [5.74, 6) is -0.0311. The molecular formula is C22H21N7O4S. The number of aromatic amines is 1. The van der Waals surface area contributed by atoms with E-state index < -0.39 is 15.6 Å². The number of nitrogen functional groups attached to an aromatic ring is 2. The fourth-order valence-electron chi connectivity index (χ4n) is 3.18. The average Bonchev–Trinajstić information content (AvgIpc) is 3.11. The Bertz CT molecular complexity index is 1530. The van der Waals surface area contributed by atoms with E-state index >= 15 is 0 Å². The predicted octanol–water partition coefficient (Wildman–Crippen LogP) is 3.04. The van der Waals surface area contributed by atoms with Gasteiger partial charge in [0.1, 0.15) is 16.4 Å². The van der Waals surface area contributed by atoms with Gasteiger partial charge in [-0.1, -0.05) is 30.3 Å². The van der Waals surface area contributed by atoms with Gasteiger partial charge in [-0.05, 0) is 48.0 Å². The molecule has 0 bridgehead atoms. The van der Waals surface area contributed by atoms with Crippen molar-refractivity contribution in [2.24, 2.45) is 10.2 Å². The molecule has 174 valence electrons. The van der Waals surface area contributed by atoms with Crippen LogP contribution in [0.2, 0.25) is 0 Å². The Kier molecular flexibility index (Phi) is 6.17. The van der Waals surface area contributed by atoms with Crippen molar-refractivity contribution in [3.8, 4) is 5.69 Å². The molecule has 11 nitrogen and oxygen atoms in total. The number of hydrogen-bond acceptors (Lipinski definition) is 8. The highest BCUT2D eigenvalue weighted by Crippen LogP contribution is 2.30. The second-order valence-electron chi connectivity index (χ2n) is 7.24. The molecule has 3 aromatic carbocycles. The lowest BCUT2D eigenvalue weighted by Gasteiger charge is -2.11. The van der Waals surface area contributed by atoms with Gasteiger partial charge in [0.25, 0.3) is 10.0 Å². The minimum Gasteiger partial charge on any atom is -0.399 e. The van der Waals surface area contributed by atoms with E-state index in [-0.39, 0.29) is 40.1 Å². The molecule has 0 aliphatic carbocycles. The Morgan fingerprint density at radius 2 is 1.74 bits per heavy atom. The van der Waals surface area contributed by atoms with Crippen LogP contribution in [0.3, 0.4) is 0 Å². The molecule has 0 saturated carbocycles. The molecule has 0 unspecified atom stereocenters. The van der Waals surface area contributed by atoms with Gasteiger partial charge in [-0.25, -0.2) is 13.1 Å². The number of sulfonamides is 1. The lowest BCUT2D eigenvalue weighted by molar-refractivity contribution is 0.282. The number of nitrogens with zero attached hydrogens (tertiary/aromatic N) is 3. The van der Waals surface area contributed by atoms with Crippen LogP contribution in [0.25, 0.3) is 5.69 Å². The summed E-state index contributed by atoms with van der Waals surface area (Å²) in [5, 5.41) is 19.9. The number of anilines is 3. The zero-order chi connectivity index (χ0) is 24.3. The zero-order valence-corrected chi connectivity index (χ0v) is 18.5. The topological polar surface area (TPSA) is 181 Å². The number of hydrogen-bond donors (Lipinski definition) is 5. The first-order chi connectivity index (χ1) is 16.3. The third-order valence-electron chi connectivity index (χ3n) is 4.80. The Labute approximate surface area is 194 Å². The summed E-state index contributed by atoms with van der Waals surface area (Å²) >= 11 is 0. The van der Waals surface area contributed by atoms with Gasteiger partial charge in [0.2, 0.25) is 0 Å². The summed E-state index contributed by atoms with van der Waals surface area (Å²) in [6, 6.07) is 19.1. The number of benzene rings is 3. The van der Waals surface area contributed by atoms with Crippen molar-refractivity contribution in [3.05, 3.63) is 88.7 Å². The maximum atomic E-state index is 13.1. The van der Waals surface area contributed by atoms with E-state index in [1.54, 1.807) is 42.5 Å². The number of aliphatic hydroxyl groups excluding tert-OH is 1. The Hall–Kier alpha value is -4.42. The number of aromatic nitrogens is 2. The molecule has 4 aromatic rings. The van der Waals surface area contributed by atoms with Gasteiger partial charge in [0, 0.05) is 11.4 Å². The van der Waals surface area contributed by atoms with Crippen LogP contribution < -0.4 is 21.7 Å². The quantitative estimate of drug-likeness (QED) is 0.200. The molecule has 1 heterocycles.